The summed E-state index contributed by atoms with van der Waals surface area (Å²) in [4.78, 5) is 38.0. The summed E-state index contributed by atoms with van der Waals surface area (Å²) in [7, 11) is 0. The molecule has 4 rings (SSSR count). The highest BCUT2D eigenvalue weighted by atomic mass is 32.2. The Balaban J connectivity index is 1.54. The second-order valence-electron chi connectivity index (χ2n) is 5.71. The first-order valence-corrected chi connectivity index (χ1v) is 8.52. The van der Waals surface area contributed by atoms with Gasteiger partial charge in [-0.15, -0.1) is 5.10 Å². The molecule has 0 radical (unpaired) electrons. The number of hydrogen-bond donors (Lipinski definition) is 1. The number of rotatable bonds is 3. The summed E-state index contributed by atoms with van der Waals surface area (Å²) in [6.45, 7) is 0.323. The third-order valence-electron chi connectivity index (χ3n) is 4.29. The largest absolute Gasteiger partial charge is 0.350 e. The number of carbonyl (C=O) groups is 2. The Bertz CT molecular complexity index is 851. The molecule has 0 bridgehead atoms. The molecule has 2 saturated heterocycles. The van der Waals surface area contributed by atoms with Gasteiger partial charge in [0, 0.05) is 11.9 Å². The number of aromatic nitrogens is 3. The zero-order valence-corrected chi connectivity index (χ0v) is 13.1. The molecule has 2 fully saturated rings. The Morgan fingerprint density at radius 2 is 2.13 bits per heavy atom. The standard InChI is InChI=1S/C14H15N5O3S/c20-11-14(4-8-23-9-14)15-12(21)18(11)6-7-19-13(22)17-5-2-1-3-10(17)16-19/h1-3,5H,4,6-9H2,(H,15,21). The Labute approximate surface area is 135 Å². The molecule has 2 aromatic rings. The molecule has 2 aromatic heterocycles. The smallest absolute Gasteiger partial charge is 0.322 e. The minimum atomic E-state index is -0.744. The first-order chi connectivity index (χ1) is 11.1. The summed E-state index contributed by atoms with van der Waals surface area (Å²) in [6, 6.07) is 4.90. The lowest BCUT2D eigenvalue weighted by atomic mass is 9.99. The van der Waals surface area contributed by atoms with Gasteiger partial charge in [-0.1, -0.05) is 6.07 Å². The zero-order chi connectivity index (χ0) is 16.0. The van der Waals surface area contributed by atoms with Gasteiger partial charge in [-0.2, -0.15) is 11.8 Å². The molecule has 0 aliphatic carbocycles. The maximum absolute atomic E-state index is 12.5. The molecule has 1 N–H and O–H groups in total. The van der Waals surface area contributed by atoms with Gasteiger partial charge in [0.15, 0.2) is 5.65 Å². The molecule has 1 atom stereocenters. The van der Waals surface area contributed by atoms with E-state index in [1.807, 2.05) is 0 Å². The number of imide groups is 1. The van der Waals surface area contributed by atoms with Crippen molar-refractivity contribution < 1.29 is 9.59 Å². The Kier molecular flexibility index (Phi) is 3.19. The maximum atomic E-state index is 12.5. The lowest BCUT2D eigenvalue weighted by Gasteiger charge is -2.19. The molecule has 4 heterocycles. The highest BCUT2D eigenvalue weighted by Gasteiger charge is 2.52. The number of urea groups is 1. The van der Waals surface area contributed by atoms with Crippen molar-refractivity contribution in [3.8, 4) is 0 Å². The van der Waals surface area contributed by atoms with Crippen molar-refractivity contribution >= 4 is 29.3 Å². The molecule has 1 spiro atoms. The number of nitrogens with one attached hydrogen (secondary N) is 1. The average Bonchev–Trinajstić information content (AvgIpc) is 3.20. The van der Waals surface area contributed by atoms with Crippen LogP contribution < -0.4 is 11.0 Å². The molecule has 120 valence electrons. The fourth-order valence-corrected chi connectivity index (χ4v) is 4.35. The van der Waals surface area contributed by atoms with Crippen LogP contribution in [-0.4, -0.2) is 54.6 Å². The van der Waals surface area contributed by atoms with Crippen molar-refractivity contribution in [2.24, 2.45) is 0 Å². The van der Waals surface area contributed by atoms with Crippen molar-refractivity contribution in [2.45, 2.75) is 18.5 Å². The monoisotopic (exact) mass is 333 g/mol. The predicted octanol–water partition coefficient (Wildman–Crippen LogP) is -0.0765. The lowest BCUT2D eigenvalue weighted by molar-refractivity contribution is -0.130. The fraction of sp³-hybridized carbons (Fsp3) is 0.429. The van der Waals surface area contributed by atoms with E-state index in [-0.39, 0.29) is 30.7 Å². The van der Waals surface area contributed by atoms with Crippen LogP contribution in [0.1, 0.15) is 6.42 Å². The van der Waals surface area contributed by atoms with Gasteiger partial charge in [0.1, 0.15) is 5.54 Å². The molecule has 2 aliphatic rings. The van der Waals surface area contributed by atoms with Crippen LogP contribution in [0.15, 0.2) is 29.2 Å². The zero-order valence-electron chi connectivity index (χ0n) is 12.3. The van der Waals surface area contributed by atoms with Crippen LogP contribution in [0.25, 0.3) is 5.65 Å². The maximum Gasteiger partial charge on any atom is 0.350 e. The van der Waals surface area contributed by atoms with Gasteiger partial charge in [0.25, 0.3) is 5.91 Å². The topological polar surface area (TPSA) is 88.7 Å². The van der Waals surface area contributed by atoms with Crippen LogP contribution in [0, 0.1) is 0 Å². The molecule has 8 nitrogen and oxygen atoms in total. The normalized spacial score (nSPS) is 24.1. The molecular formula is C14H15N5O3S. The van der Waals surface area contributed by atoms with Crippen molar-refractivity contribution in [2.75, 3.05) is 18.1 Å². The van der Waals surface area contributed by atoms with Gasteiger partial charge in [-0.25, -0.2) is 14.3 Å². The molecule has 0 saturated carbocycles. The number of pyridine rings is 1. The summed E-state index contributed by atoms with van der Waals surface area (Å²) in [5.74, 6) is 1.29. The van der Waals surface area contributed by atoms with Gasteiger partial charge in [0.2, 0.25) is 0 Å². The fourth-order valence-electron chi connectivity index (χ4n) is 3.02. The molecule has 3 amide bonds. The van der Waals surface area contributed by atoms with Gasteiger partial charge in [-0.3, -0.25) is 14.1 Å². The molecule has 1 unspecified atom stereocenters. The van der Waals surface area contributed by atoms with E-state index in [0.29, 0.717) is 17.8 Å². The molecule has 0 aromatic carbocycles. The second-order valence-corrected chi connectivity index (χ2v) is 6.81. The molecule has 2 aliphatic heterocycles. The molecule has 9 heteroatoms. The number of amides is 3. The quantitative estimate of drug-likeness (QED) is 0.794. The van der Waals surface area contributed by atoms with Crippen LogP contribution in [0.4, 0.5) is 4.79 Å². The highest BCUT2D eigenvalue weighted by molar-refractivity contribution is 7.99. The van der Waals surface area contributed by atoms with Gasteiger partial charge in [0.05, 0.1) is 13.1 Å². The van der Waals surface area contributed by atoms with E-state index >= 15 is 0 Å². The Morgan fingerprint density at radius 1 is 1.26 bits per heavy atom. The summed E-state index contributed by atoms with van der Waals surface area (Å²) < 4.78 is 2.71. The van der Waals surface area contributed by atoms with Crippen LogP contribution >= 0.6 is 11.8 Å². The molecular weight excluding hydrogens is 318 g/mol. The highest BCUT2D eigenvalue weighted by Crippen LogP contribution is 2.33. The Morgan fingerprint density at radius 3 is 2.87 bits per heavy atom. The minimum absolute atomic E-state index is 0.140. The van der Waals surface area contributed by atoms with Gasteiger partial charge < -0.3 is 5.32 Å². The third-order valence-corrected chi connectivity index (χ3v) is 5.48. The van der Waals surface area contributed by atoms with Gasteiger partial charge >= 0.3 is 11.7 Å². The van der Waals surface area contributed by atoms with E-state index < -0.39 is 5.54 Å². The summed E-state index contributed by atoms with van der Waals surface area (Å²) in [5.41, 5.74) is -0.483. The number of thioether (sulfide) groups is 1. The van der Waals surface area contributed by atoms with E-state index in [2.05, 4.69) is 10.4 Å². The first-order valence-electron chi connectivity index (χ1n) is 7.37. The van der Waals surface area contributed by atoms with E-state index in [4.69, 9.17) is 0 Å². The van der Waals surface area contributed by atoms with Crippen LogP contribution in [-0.2, 0) is 11.3 Å². The summed E-state index contributed by atoms with van der Waals surface area (Å²) in [5, 5.41) is 7.02. The van der Waals surface area contributed by atoms with Crippen LogP contribution in [0.2, 0.25) is 0 Å². The summed E-state index contributed by atoms with van der Waals surface area (Å²) >= 11 is 1.66. The second kappa shape index (κ2) is 5.12. The molecule has 23 heavy (non-hydrogen) atoms. The minimum Gasteiger partial charge on any atom is -0.322 e. The predicted molar refractivity (Wildman–Crippen MR) is 84.4 cm³/mol. The number of fused-ring (bicyclic) bond motifs is 1. The van der Waals surface area contributed by atoms with Crippen molar-refractivity contribution in [1.29, 1.82) is 0 Å². The number of hydrogen-bond acceptors (Lipinski definition) is 5. The van der Waals surface area contributed by atoms with E-state index in [1.165, 1.54) is 14.0 Å². The van der Waals surface area contributed by atoms with Crippen molar-refractivity contribution in [3.05, 3.63) is 34.9 Å². The SMILES string of the molecule is O=C1NC2(CCSC2)C(=O)N1CCn1nc2ccccn2c1=O. The van der Waals surface area contributed by atoms with Gasteiger partial charge in [-0.05, 0) is 24.3 Å². The average molecular weight is 333 g/mol. The van der Waals surface area contributed by atoms with Crippen molar-refractivity contribution in [3.63, 3.8) is 0 Å². The first kappa shape index (κ1) is 14.3. The lowest BCUT2D eigenvalue weighted by Crippen LogP contribution is -2.47. The number of nitrogens with zero attached hydrogens (tertiary/aromatic N) is 4. The summed E-state index contributed by atoms with van der Waals surface area (Å²) in [6.07, 6.45) is 2.30. The number of carbonyl (C=O) groups excluding carboxylic acids is 2. The Hall–Kier alpha value is -2.29. The third kappa shape index (κ3) is 2.14. The van der Waals surface area contributed by atoms with E-state index in [1.54, 1.807) is 36.2 Å². The van der Waals surface area contributed by atoms with Crippen LogP contribution in [0.3, 0.4) is 0 Å². The van der Waals surface area contributed by atoms with E-state index in [9.17, 15) is 14.4 Å². The van der Waals surface area contributed by atoms with Crippen LogP contribution in [0.5, 0.6) is 0 Å². The van der Waals surface area contributed by atoms with Crippen molar-refractivity contribution in [1.82, 2.24) is 24.4 Å². The van der Waals surface area contributed by atoms with E-state index in [0.717, 1.165) is 5.75 Å².